The van der Waals surface area contributed by atoms with Crippen molar-refractivity contribution >= 4 is 0 Å². The van der Waals surface area contributed by atoms with Crippen LogP contribution in [0.3, 0.4) is 0 Å². The molecule has 0 aliphatic carbocycles. The SMILES string of the molecule is CCCN(F)CF. The van der Waals surface area contributed by atoms with E-state index in [4.69, 9.17) is 0 Å². The summed E-state index contributed by atoms with van der Waals surface area (Å²) in [5, 5.41) is 0.139. The highest BCUT2D eigenvalue weighted by molar-refractivity contribution is 4.31. The zero-order chi connectivity index (χ0) is 5.70. The summed E-state index contributed by atoms with van der Waals surface area (Å²) >= 11 is 0. The van der Waals surface area contributed by atoms with Gasteiger partial charge in [0.25, 0.3) is 0 Å². The number of nitrogens with zero attached hydrogens (tertiary/aromatic N) is 1. The van der Waals surface area contributed by atoms with E-state index in [0.29, 0.717) is 6.42 Å². The van der Waals surface area contributed by atoms with Crippen LogP contribution in [0.25, 0.3) is 0 Å². The highest BCUT2D eigenvalue weighted by Gasteiger charge is 1.94. The van der Waals surface area contributed by atoms with Crippen molar-refractivity contribution in [1.82, 2.24) is 5.12 Å². The Balaban J connectivity index is 2.83. The van der Waals surface area contributed by atoms with Gasteiger partial charge in [-0.3, -0.25) is 0 Å². The second-order valence-corrected chi connectivity index (χ2v) is 1.31. The van der Waals surface area contributed by atoms with Gasteiger partial charge in [0.2, 0.25) is 0 Å². The van der Waals surface area contributed by atoms with Crippen LogP contribution in [0.15, 0.2) is 0 Å². The summed E-state index contributed by atoms with van der Waals surface area (Å²) in [6.07, 6.45) is 0.653. The van der Waals surface area contributed by atoms with Gasteiger partial charge >= 0.3 is 0 Å². The normalized spacial score (nSPS) is 10.3. The molecule has 0 rings (SSSR count). The number of rotatable bonds is 3. The van der Waals surface area contributed by atoms with Gasteiger partial charge in [-0.2, -0.15) is 0 Å². The second-order valence-electron chi connectivity index (χ2n) is 1.31. The molecule has 0 aliphatic rings. The molecule has 0 aromatic heterocycles. The molecule has 0 heterocycles. The van der Waals surface area contributed by atoms with Gasteiger partial charge in [-0.25, -0.2) is 4.39 Å². The molecule has 0 N–H and O–H groups in total. The molecule has 0 atom stereocenters. The van der Waals surface area contributed by atoms with Crippen molar-refractivity contribution in [3.63, 3.8) is 0 Å². The molecule has 0 radical (unpaired) electrons. The molecule has 44 valence electrons. The quantitative estimate of drug-likeness (QED) is 0.392. The van der Waals surface area contributed by atoms with Crippen LogP contribution in [-0.2, 0) is 0 Å². The number of hydrogen-bond acceptors (Lipinski definition) is 1. The van der Waals surface area contributed by atoms with Gasteiger partial charge in [0.15, 0.2) is 6.80 Å². The Hall–Kier alpha value is -0.180. The summed E-state index contributed by atoms with van der Waals surface area (Å²) in [5.41, 5.74) is 0. The molecule has 0 spiro atoms. The lowest BCUT2D eigenvalue weighted by atomic mass is 10.5. The predicted molar refractivity (Wildman–Crippen MR) is 24.1 cm³/mol. The maximum Gasteiger partial charge on any atom is 0.169 e. The van der Waals surface area contributed by atoms with E-state index in [9.17, 15) is 8.87 Å². The number of alkyl halides is 1. The fraction of sp³-hybridized carbons (Fsp3) is 1.00. The summed E-state index contributed by atoms with van der Waals surface area (Å²) in [6, 6.07) is 0. The Bertz CT molecular complexity index is 40.7. The fourth-order valence-electron chi connectivity index (χ4n) is 0.302. The maximum absolute atomic E-state index is 11.6. The van der Waals surface area contributed by atoms with Gasteiger partial charge in [-0.1, -0.05) is 6.92 Å². The Labute approximate surface area is 41.9 Å². The third-order valence-electron chi connectivity index (χ3n) is 0.596. The molecular weight excluding hydrogens is 100 g/mol. The van der Waals surface area contributed by atoms with Gasteiger partial charge in [0, 0.05) is 6.54 Å². The first-order valence-corrected chi connectivity index (χ1v) is 2.28. The maximum atomic E-state index is 11.6. The number of halogens is 2. The van der Waals surface area contributed by atoms with Crippen molar-refractivity contribution in [1.29, 1.82) is 0 Å². The van der Waals surface area contributed by atoms with E-state index in [2.05, 4.69) is 0 Å². The largest absolute Gasteiger partial charge is 0.231 e. The Morgan fingerprint density at radius 3 is 2.29 bits per heavy atom. The monoisotopic (exact) mass is 109 g/mol. The molecule has 0 amide bonds. The van der Waals surface area contributed by atoms with Gasteiger partial charge < -0.3 is 0 Å². The van der Waals surface area contributed by atoms with Crippen LogP contribution in [0, 0.1) is 0 Å². The molecule has 7 heavy (non-hydrogen) atoms. The zero-order valence-electron chi connectivity index (χ0n) is 4.32. The van der Waals surface area contributed by atoms with E-state index < -0.39 is 6.80 Å². The van der Waals surface area contributed by atoms with Gasteiger partial charge in [-0.15, -0.1) is 9.60 Å². The minimum absolute atomic E-state index is 0.139. The summed E-state index contributed by atoms with van der Waals surface area (Å²) in [4.78, 5) is 0. The lowest BCUT2D eigenvalue weighted by molar-refractivity contribution is -0.0160. The summed E-state index contributed by atoms with van der Waals surface area (Å²) < 4.78 is 22.7. The lowest BCUT2D eigenvalue weighted by Crippen LogP contribution is -2.11. The van der Waals surface area contributed by atoms with Crippen LogP contribution in [-0.4, -0.2) is 18.5 Å². The van der Waals surface area contributed by atoms with Crippen LogP contribution >= 0.6 is 0 Å². The Kier molecular flexibility index (Phi) is 3.89. The van der Waals surface area contributed by atoms with Crippen molar-refractivity contribution in [2.45, 2.75) is 13.3 Å². The van der Waals surface area contributed by atoms with Crippen LogP contribution in [0.4, 0.5) is 8.87 Å². The third-order valence-corrected chi connectivity index (χ3v) is 0.596. The standard InChI is InChI=1S/C4H9F2N/c1-2-3-7(6)4-5/h2-4H2,1H3. The average Bonchev–Trinajstić information content (AvgIpc) is 1.68. The Morgan fingerprint density at radius 1 is 1.57 bits per heavy atom. The third kappa shape index (κ3) is 3.66. The lowest BCUT2D eigenvalue weighted by Gasteiger charge is -2.01. The highest BCUT2D eigenvalue weighted by Crippen LogP contribution is 1.89. The van der Waals surface area contributed by atoms with Crippen LogP contribution in [0.1, 0.15) is 13.3 Å². The van der Waals surface area contributed by atoms with E-state index >= 15 is 0 Å². The molecule has 0 bridgehead atoms. The molecule has 1 nitrogen and oxygen atoms in total. The van der Waals surface area contributed by atoms with Gasteiger partial charge in [0.05, 0.1) is 0 Å². The van der Waals surface area contributed by atoms with Crippen molar-refractivity contribution in [2.75, 3.05) is 13.3 Å². The molecule has 0 aromatic carbocycles. The molecule has 3 heteroatoms. The molecular formula is C4H9F2N. The van der Waals surface area contributed by atoms with Gasteiger partial charge in [0.1, 0.15) is 0 Å². The highest BCUT2D eigenvalue weighted by atomic mass is 19.2. The van der Waals surface area contributed by atoms with Crippen LogP contribution in [0.5, 0.6) is 0 Å². The molecule has 0 fully saturated rings. The first-order chi connectivity index (χ1) is 3.31. The first kappa shape index (κ1) is 6.82. The van der Waals surface area contributed by atoms with E-state index in [-0.39, 0.29) is 11.7 Å². The van der Waals surface area contributed by atoms with Crippen LogP contribution in [0.2, 0.25) is 0 Å². The smallest absolute Gasteiger partial charge is 0.169 e. The Morgan fingerprint density at radius 2 is 2.14 bits per heavy atom. The van der Waals surface area contributed by atoms with Crippen molar-refractivity contribution in [2.24, 2.45) is 0 Å². The van der Waals surface area contributed by atoms with Gasteiger partial charge in [-0.05, 0) is 6.42 Å². The van der Waals surface area contributed by atoms with E-state index in [1.165, 1.54) is 0 Å². The topological polar surface area (TPSA) is 3.24 Å². The van der Waals surface area contributed by atoms with E-state index in [1.807, 2.05) is 0 Å². The average molecular weight is 109 g/mol. The molecule has 0 aromatic rings. The molecule has 0 aliphatic heterocycles. The summed E-state index contributed by atoms with van der Waals surface area (Å²) in [6.45, 7) is 0.993. The summed E-state index contributed by atoms with van der Waals surface area (Å²) in [5.74, 6) is 0. The predicted octanol–water partition coefficient (Wildman–Crippen LogP) is 1.51. The zero-order valence-corrected chi connectivity index (χ0v) is 4.32. The first-order valence-electron chi connectivity index (χ1n) is 2.28. The molecule has 0 unspecified atom stereocenters. The molecule has 0 saturated carbocycles. The van der Waals surface area contributed by atoms with E-state index in [1.54, 1.807) is 6.92 Å². The van der Waals surface area contributed by atoms with Crippen molar-refractivity contribution < 1.29 is 8.87 Å². The number of hydrogen-bond donors (Lipinski definition) is 0. The minimum Gasteiger partial charge on any atom is -0.231 e. The van der Waals surface area contributed by atoms with Crippen molar-refractivity contribution in [3.8, 4) is 0 Å². The van der Waals surface area contributed by atoms with E-state index in [0.717, 1.165) is 0 Å². The summed E-state index contributed by atoms with van der Waals surface area (Å²) in [7, 11) is 0. The van der Waals surface area contributed by atoms with Crippen LogP contribution < -0.4 is 0 Å². The minimum atomic E-state index is -0.992. The second kappa shape index (κ2) is 3.99. The molecule has 0 saturated heterocycles. The van der Waals surface area contributed by atoms with Crippen molar-refractivity contribution in [3.05, 3.63) is 0 Å². The fourth-order valence-corrected chi connectivity index (χ4v) is 0.302.